The lowest BCUT2D eigenvalue weighted by Crippen LogP contribution is -2.43. The Hall–Kier alpha value is -1.30. The molecule has 5 nitrogen and oxygen atoms in total. The Balaban J connectivity index is 1.75. The molecule has 0 N–H and O–H groups in total. The Morgan fingerprint density at radius 1 is 1.43 bits per heavy atom. The summed E-state index contributed by atoms with van der Waals surface area (Å²) >= 11 is 3.35. The fourth-order valence-corrected chi connectivity index (χ4v) is 2.81. The zero-order chi connectivity index (χ0) is 16.9. The van der Waals surface area contributed by atoms with Gasteiger partial charge in [-0.25, -0.2) is 9.78 Å². The number of amides is 1. The quantitative estimate of drug-likeness (QED) is 0.777. The summed E-state index contributed by atoms with van der Waals surface area (Å²) in [4.78, 5) is 18.2. The standard InChI is InChI=1S/C17H25BrN2O3/c1-17(2,3)23-16(21)20-9-4-5-13(12-20)8-10-22-15-7-6-14(18)11-19-15/h6-7,11,13H,4-5,8-10,12H2,1-3H3. The predicted molar refractivity (Wildman–Crippen MR) is 92.6 cm³/mol. The maximum atomic E-state index is 12.1. The number of nitrogens with zero attached hydrogens (tertiary/aromatic N) is 2. The molecule has 1 fully saturated rings. The third kappa shape index (κ3) is 6.37. The van der Waals surface area contributed by atoms with Gasteiger partial charge in [0.2, 0.25) is 5.88 Å². The molecule has 0 bridgehead atoms. The number of hydrogen-bond acceptors (Lipinski definition) is 4. The van der Waals surface area contributed by atoms with Crippen LogP contribution in [0.2, 0.25) is 0 Å². The molecule has 1 aromatic rings. The Morgan fingerprint density at radius 3 is 2.87 bits per heavy atom. The van der Waals surface area contributed by atoms with E-state index in [1.165, 1.54) is 0 Å². The highest BCUT2D eigenvalue weighted by Crippen LogP contribution is 2.22. The molecule has 1 aliphatic rings. The normalized spacial score (nSPS) is 18.6. The number of halogens is 1. The number of ether oxygens (including phenoxy) is 2. The smallest absolute Gasteiger partial charge is 0.410 e. The van der Waals surface area contributed by atoms with Crippen LogP contribution in [0.5, 0.6) is 5.88 Å². The molecule has 0 saturated carbocycles. The molecule has 6 heteroatoms. The fourth-order valence-electron chi connectivity index (χ4n) is 2.57. The predicted octanol–water partition coefficient (Wildman–Crippen LogP) is 4.26. The van der Waals surface area contributed by atoms with E-state index < -0.39 is 5.60 Å². The number of carbonyl (C=O) groups excluding carboxylic acids is 1. The van der Waals surface area contributed by atoms with Crippen LogP contribution in [-0.4, -0.2) is 41.3 Å². The van der Waals surface area contributed by atoms with E-state index in [-0.39, 0.29) is 6.09 Å². The zero-order valence-corrected chi connectivity index (χ0v) is 15.6. The van der Waals surface area contributed by atoms with Gasteiger partial charge in [-0.3, -0.25) is 0 Å². The van der Waals surface area contributed by atoms with Gasteiger partial charge >= 0.3 is 6.09 Å². The maximum Gasteiger partial charge on any atom is 0.410 e. The van der Waals surface area contributed by atoms with Gasteiger partial charge in [0.05, 0.1) is 6.61 Å². The highest BCUT2D eigenvalue weighted by Gasteiger charge is 2.27. The largest absolute Gasteiger partial charge is 0.478 e. The first kappa shape index (κ1) is 18.0. The first-order valence-electron chi connectivity index (χ1n) is 8.06. The van der Waals surface area contributed by atoms with Crippen LogP contribution in [0.1, 0.15) is 40.0 Å². The molecule has 0 spiro atoms. The van der Waals surface area contributed by atoms with Crippen molar-refractivity contribution in [1.82, 2.24) is 9.88 Å². The van der Waals surface area contributed by atoms with Crippen molar-refractivity contribution >= 4 is 22.0 Å². The van der Waals surface area contributed by atoms with Crippen LogP contribution in [-0.2, 0) is 4.74 Å². The molecule has 2 rings (SSSR count). The fraction of sp³-hybridized carbons (Fsp3) is 0.647. The van der Waals surface area contributed by atoms with E-state index in [0.717, 1.165) is 36.8 Å². The van der Waals surface area contributed by atoms with Crippen LogP contribution in [0.25, 0.3) is 0 Å². The Kier molecular flexibility index (Phi) is 6.27. The minimum absolute atomic E-state index is 0.210. The lowest BCUT2D eigenvalue weighted by molar-refractivity contribution is 0.0154. The molecule has 1 saturated heterocycles. The Bertz CT molecular complexity index is 514. The molecule has 128 valence electrons. The van der Waals surface area contributed by atoms with Gasteiger partial charge in [-0.05, 0) is 67.9 Å². The van der Waals surface area contributed by atoms with Crippen molar-refractivity contribution in [3.05, 3.63) is 22.8 Å². The summed E-state index contributed by atoms with van der Waals surface area (Å²) in [7, 11) is 0. The van der Waals surface area contributed by atoms with Crippen LogP contribution >= 0.6 is 15.9 Å². The molecule has 1 aliphatic heterocycles. The summed E-state index contributed by atoms with van der Waals surface area (Å²) < 4.78 is 12.1. The lowest BCUT2D eigenvalue weighted by Gasteiger charge is -2.34. The summed E-state index contributed by atoms with van der Waals surface area (Å²) in [6.07, 6.45) is 4.56. The van der Waals surface area contributed by atoms with Crippen LogP contribution in [0.4, 0.5) is 4.79 Å². The second kappa shape index (κ2) is 7.99. The average Bonchev–Trinajstić information content (AvgIpc) is 2.48. The van der Waals surface area contributed by atoms with Crippen molar-refractivity contribution in [1.29, 1.82) is 0 Å². The van der Waals surface area contributed by atoms with Gasteiger partial charge < -0.3 is 14.4 Å². The van der Waals surface area contributed by atoms with Crippen molar-refractivity contribution in [3.63, 3.8) is 0 Å². The minimum atomic E-state index is -0.444. The van der Waals surface area contributed by atoms with E-state index in [1.807, 2.05) is 37.8 Å². The molecule has 1 atom stereocenters. The van der Waals surface area contributed by atoms with E-state index in [0.29, 0.717) is 18.4 Å². The Morgan fingerprint density at radius 2 is 2.22 bits per heavy atom. The van der Waals surface area contributed by atoms with Crippen LogP contribution < -0.4 is 4.74 Å². The van der Waals surface area contributed by atoms with Crippen molar-refractivity contribution < 1.29 is 14.3 Å². The van der Waals surface area contributed by atoms with E-state index >= 15 is 0 Å². The summed E-state index contributed by atoms with van der Waals surface area (Å²) in [6.45, 7) is 7.82. The summed E-state index contributed by atoms with van der Waals surface area (Å²) in [5.74, 6) is 1.08. The van der Waals surface area contributed by atoms with Gasteiger partial charge in [-0.2, -0.15) is 0 Å². The molecule has 0 aromatic carbocycles. The van der Waals surface area contributed by atoms with Crippen LogP contribution in [0.3, 0.4) is 0 Å². The molecule has 1 unspecified atom stereocenters. The number of pyridine rings is 1. The zero-order valence-electron chi connectivity index (χ0n) is 14.0. The van der Waals surface area contributed by atoms with Gasteiger partial charge in [-0.1, -0.05) is 0 Å². The Labute approximate surface area is 146 Å². The van der Waals surface area contributed by atoms with E-state index in [2.05, 4.69) is 20.9 Å². The molecule has 1 aromatic heterocycles. The van der Waals surface area contributed by atoms with Crippen molar-refractivity contribution in [2.75, 3.05) is 19.7 Å². The van der Waals surface area contributed by atoms with E-state index in [9.17, 15) is 4.79 Å². The highest BCUT2D eigenvalue weighted by atomic mass is 79.9. The third-order valence-corrected chi connectivity index (χ3v) is 4.12. The van der Waals surface area contributed by atoms with Gasteiger partial charge in [0, 0.05) is 29.8 Å². The monoisotopic (exact) mass is 384 g/mol. The maximum absolute atomic E-state index is 12.1. The average molecular weight is 385 g/mol. The van der Waals surface area contributed by atoms with Crippen LogP contribution in [0.15, 0.2) is 22.8 Å². The molecule has 2 heterocycles. The summed E-state index contributed by atoms with van der Waals surface area (Å²) in [5, 5.41) is 0. The van der Waals surface area contributed by atoms with Gasteiger partial charge in [0.1, 0.15) is 5.60 Å². The van der Waals surface area contributed by atoms with Crippen molar-refractivity contribution in [2.24, 2.45) is 5.92 Å². The topological polar surface area (TPSA) is 51.7 Å². The molecule has 23 heavy (non-hydrogen) atoms. The molecule has 1 amide bonds. The van der Waals surface area contributed by atoms with Gasteiger partial charge in [0.15, 0.2) is 0 Å². The third-order valence-electron chi connectivity index (χ3n) is 3.65. The number of piperidine rings is 1. The first-order chi connectivity index (χ1) is 10.8. The second-order valence-electron chi connectivity index (χ2n) is 6.89. The SMILES string of the molecule is CC(C)(C)OC(=O)N1CCCC(CCOc2ccc(Br)cn2)C1. The minimum Gasteiger partial charge on any atom is -0.478 e. The number of hydrogen-bond donors (Lipinski definition) is 0. The summed E-state index contributed by atoms with van der Waals surface area (Å²) in [6, 6.07) is 3.76. The number of likely N-dealkylation sites (tertiary alicyclic amines) is 1. The van der Waals surface area contributed by atoms with Gasteiger partial charge in [-0.15, -0.1) is 0 Å². The van der Waals surface area contributed by atoms with Gasteiger partial charge in [0.25, 0.3) is 0 Å². The van der Waals surface area contributed by atoms with Crippen LogP contribution in [0, 0.1) is 5.92 Å². The molecular weight excluding hydrogens is 360 g/mol. The highest BCUT2D eigenvalue weighted by molar-refractivity contribution is 9.10. The van der Waals surface area contributed by atoms with Crippen molar-refractivity contribution in [2.45, 2.75) is 45.6 Å². The molecule has 0 radical (unpaired) electrons. The summed E-state index contributed by atoms with van der Waals surface area (Å²) in [5.41, 5.74) is -0.444. The molecular formula is C17H25BrN2O3. The van der Waals surface area contributed by atoms with E-state index in [4.69, 9.17) is 9.47 Å². The number of carbonyl (C=O) groups is 1. The number of rotatable bonds is 4. The van der Waals surface area contributed by atoms with E-state index in [1.54, 1.807) is 6.20 Å². The second-order valence-corrected chi connectivity index (χ2v) is 7.80. The first-order valence-corrected chi connectivity index (χ1v) is 8.85. The lowest BCUT2D eigenvalue weighted by atomic mass is 9.95. The van der Waals surface area contributed by atoms with Crippen molar-refractivity contribution in [3.8, 4) is 5.88 Å². The molecule has 0 aliphatic carbocycles. The number of aromatic nitrogens is 1.